The van der Waals surface area contributed by atoms with Gasteiger partial charge in [-0.25, -0.2) is 10.4 Å². The van der Waals surface area contributed by atoms with Crippen LogP contribution in [0.2, 0.25) is 5.02 Å². The first-order valence-electron chi connectivity index (χ1n) is 6.35. The maximum atomic E-state index is 11.8. The molecule has 0 spiro atoms. The molecule has 0 aliphatic rings. The van der Waals surface area contributed by atoms with E-state index >= 15 is 0 Å². The quantitative estimate of drug-likeness (QED) is 0.579. The van der Waals surface area contributed by atoms with Gasteiger partial charge in [-0.1, -0.05) is 23.7 Å². The van der Waals surface area contributed by atoms with E-state index in [0.717, 1.165) is 5.56 Å². The van der Waals surface area contributed by atoms with Crippen LogP contribution in [0, 0.1) is 6.92 Å². The number of hydrogen-bond acceptors (Lipinski definition) is 5. The second kappa shape index (κ2) is 7.01. The zero-order chi connectivity index (χ0) is 15.2. The number of aromatic amines is 1. The van der Waals surface area contributed by atoms with E-state index in [4.69, 9.17) is 16.7 Å². The van der Waals surface area contributed by atoms with E-state index in [0.29, 0.717) is 16.3 Å². The van der Waals surface area contributed by atoms with Crippen LogP contribution in [0.4, 0.5) is 5.95 Å². The van der Waals surface area contributed by atoms with Gasteiger partial charge >= 0.3 is 0 Å². The van der Waals surface area contributed by atoms with Gasteiger partial charge < -0.3 is 5.11 Å². The van der Waals surface area contributed by atoms with Gasteiger partial charge in [0.15, 0.2) is 0 Å². The van der Waals surface area contributed by atoms with E-state index in [1.807, 2.05) is 12.1 Å². The van der Waals surface area contributed by atoms with Crippen LogP contribution in [0.1, 0.15) is 16.8 Å². The standard InChI is InChI=1S/C14H15ClN4O2/c1-9-12(5-6-20)13(21)18-14(17-9)19-16-8-10-3-2-4-11(15)7-10/h2-4,7-8,20H,5-6H2,1H3,(H2,17,18,19,21)/b16-8-. The molecule has 1 aromatic carbocycles. The van der Waals surface area contributed by atoms with Gasteiger partial charge in [0.2, 0.25) is 5.95 Å². The summed E-state index contributed by atoms with van der Waals surface area (Å²) in [4.78, 5) is 18.6. The Morgan fingerprint density at radius 2 is 2.33 bits per heavy atom. The van der Waals surface area contributed by atoms with Crippen molar-refractivity contribution in [1.82, 2.24) is 9.97 Å². The van der Waals surface area contributed by atoms with Crippen molar-refractivity contribution in [3.8, 4) is 0 Å². The molecule has 1 heterocycles. The SMILES string of the molecule is Cc1nc(N/N=C\c2cccc(Cl)c2)[nH]c(=O)c1CCO. The van der Waals surface area contributed by atoms with Gasteiger partial charge in [-0.15, -0.1) is 0 Å². The highest BCUT2D eigenvalue weighted by atomic mass is 35.5. The van der Waals surface area contributed by atoms with Gasteiger partial charge in [0.1, 0.15) is 0 Å². The Morgan fingerprint density at radius 1 is 1.52 bits per heavy atom. The largest absolute Gasteiger partial charge is 0.396 e. The summed E-state index contributed by atoms with van der Waals surface area (Å²) in [6.07, 6.45) is 1.85. The van der Waals surface area contributed by atoms with Crippen LogP contribution in [0.25, 0.3) is 0 Å². The van der Waals surface area contributed by atoms with E-state index in [1.165, 1.54) is 0 Å². The number of aryl methyl sites for hydroxylation is 1. The molecule has 1 aromatic heterocycles. The first-order valence-corrected chi connectivity index (χ1v) is 6.73. The van der Waals surface area contributed by atoms with Gasteiger partial charge in [0.25, 0.3) is 5.56 Å². The normalized spacial score (nSPS) is 11.0. The third-order valence-corrected chi connectivity index (χ3v) is 3.05. The van der Waals surface area contributed by atoms with E-state index < -0.39 is 0 Å². The molecule has 2 rings (SSSR count). The summed E-state index contributed by atoms with van der Waals surface area (Å²) in [6, 6.07) is 7.20. The fraction of sp³-hybridized carbons (Fsp3) is 0.214. The topological polar surface area (TPSA) is 90.4 Å². The molecular formula is C14H15ClN4O2. The molecule has 0 aliphatic heterocycles. The van der Waals surface area contributed by atoms with Gasteiger partial charge in [0.05, 0.1) is 11.9 Å². The third kappa shape index (κ3) is 4.14. The van der Waals surface area contributed by atoms with Crippen LogP contribution in [0.15, 0.2) is 34.2 Å². The molecule has 0 radical (unpaired) electrons. The third-order valence-electron chi connectivity index (χ3n) is 2.82. The lowest BCUT2D eigenvalue weighted by atomic mass is 10.2. The molecule has 110 valence electrons. The molecule has 0 bridgehead atoms. The molecule has 0 aliphatic carbocycles. The van der Waals surface area contributed by atoms with Crippen molar-refractivity contribution in [2.75, 3.05) is 12.0 Å². The molecule has 0 atom stereocenters. The Bertz CT molecular complexity index is 712. The fourth-order valence-electron chi connectivity index (χ4n) is 1.82. The van der Waals surface area contributed by atoms with E-state index in [2.05, 4.69) is 20.5 Å². The Labute approximate surface area is 126 Å². The molecule has 0 saturated heterocycles. The second-order valence-electron chi connectivity index (χ2n) is 4.38. The number of H-pyrrole nitrogens is 1. The van der Waals surface area contributed by atoms with Crippen LogP contribution >= 0.6 is 11.6 Å². The molecule has 0 unspecified atom stereocenters. The minimum Gasteiger partial charge on any atom is -0.396 e. The maximum Gasteiger partial charge on any atom is 0.255 e. The van der Waals surface area contributed by atoms with E-state index in [9.17, 15) is 4.79 Å². The number of halogens is 1. The van der Waals surface area contributed by atoms with E-state index in [1.54, 1.807) is 25.3 Å². The monoisotopic (exact) mass is 306 g/mol. The van der Waals surface area contributed by atoms with Gasteiger partial charge in [-0.3, -0.25) is 9.78 Å². The maximum absolute atomic E-state index is 11.8. The Morgan fingerprint density at radius 3 is 3.00 bits per heavy atom. The van der Waals surface area contributed by atoms with Crippen LogP contribution in [-0.2, 0) is 6.42 Å². The number of hydrogen-bond donors (Lipinski definition) is 3. The minimum atomic E-state index is -0.281. The van der Waals surface area contributed by atoms with Crippen LogP contribution in [0.5, 0.6) is 0 Å². The lowest BCUT2D eigenvalue weighted by Crippen LogP contribution is -2.19. The highest BCUT2D eigenvalue weighted by molar-refractivity contribution is 6.30. The molecule has 6 nitrogen and oxygen atoms in total. The van der Waals surface area contributed by atoms with Crippen molar-refractivity contribution in [1.29, 1.82) is 0 Å². The number of aliphatic hydroxyl groups is 1. The molecule has 0 saturated carbocycles. The molecule has 21 heavy (non-hydrogen) atoms. The zero-order valence-electron chi connectivity index (χ0n) is 11.4. The van der Waals surface area contributed by atoms with Crippen molar-refractivity contribution in [2.45, 2.75) is 13.3 Å². The van der Waals surface area contributed by atoms with Crippen molar-refractivity contribution in [3.63, 3.8) is 0 Å². The summed E-state index contributed by atoms with van der Waals surface area (Å²) in [5, 5.41) is 13.5. The Kier molecular flexibility index (Phi) is 5.08. The molecule has 7 heteroatoms. The van der Waals surface area contributed by atoms with Crippen molar-refractivity contribution in [3.05, 3.63) is 56.5 Å². The van der Waals surface area contributed by atoms with Crippen LogP contribution in [-0.4, -0.2) is 27.9 Å². The molecule has 3 N–H and O–H groups in total. The summed E-state index contributed by atoms with van der Waals surface area (Å²) >= 11 is 5.87. The molecule has 2 aromatic rings. The highest BCUT2D eigenvalue weighted by Gasteiger charge is 2.06. The lowest BCUT2D eigenvalue weighted by Gasteiger charge is -2.05. The molecular weight excluding hydrogens is 292 g/mol. The number of anilines is 1. The number of rotatable bonds is 5. The van der Waals surface area contributed by atoms with Gasteiger partial charge in [0, 0.05) is 23.6 Å². The number of aromatic nitrogens is 2. The van der Waals surface area contributed by atoms with E-state index in [-0.39, 0.29) is 24.5 Å². The lowest BCUT2D eigenvalue weighted by molar-refractivity contribution is 0.298. The minimum absolute atomic E-state index is 0.0920. The average Bonchev–Trinajstić information content (AvgIpc) is 2.43. The predicted molar refractivity (Wildman–Crippen MR) is 83.1 cm³/mol. The number of benzene rings is 1. The Hall–Kier alpha value is -2.18. The predicted octanol–water partition coefficient (Wildman–Crippen LogP) is 1.71. The smallest absolute Gasteiger partial charge is 0.255 e. The summed E-state index contributed by atoms with van der Waals surface area (Å²) in [7, 11) is 0. The average molecular weight is 307 g/mol. The van der Waals surface area contributed by atoms with Gasteiger partial charge in [-0.05, 0) is 24.6 Å². The molecule has 0 fully saturated rings. The molecule has 0 amide bonds. The summed E-state index contributed by atoms with van der Waals surface area (Å²) in [6.45, 7) is 1.62. The van der Waals surface area contributed by atoms with Crippen molar-refractivity contribution < 1.29 is 5.11 Å². The summed E-state index contributed by atoms with van der Waals surface area (Å²) < 4.78 is 0. The highest BCUT2D eigenvalue weighted by Crippen LogP contribution is 2.09. The first-order chi connectivity index (χ1) is 10.1. The van der Waals surface area contributed by atoms with Crippen LogP contribution < -0.4 is 11.0 Å². The fourth-order valence-corrected chi connectivity index (χ4v) is 2.02. The Balaban J connectivity index is 2.12. The van der Waals surface area contributed by atoms with Crippen molar-refractivity contribution >= 4 is 23.8 Å². The summed E-state index contributed by atoms with van der Waals surface area (Å²) in [5.41, 5.74) is 4.24. The number of nitrogens with zero attached hydrogens (tertiary/aromatic N) is 2. The number of nitrogens with one attached hydrogen (secondary N) is 2. The number of hydrazone groups is 1. The first kappa shape index (κ1) is 15.2. The number of aliphatic hydroxyl groups excluding tert-OH is 1. The summed E-state index contributed by atoms with van der Waals surface area (Å²) in [5.74, 6) is 0.248. The van der Waals surface area contributed by atoms with Crippen LogP contribution in [0.3, 0.4) is 0 Å². The zero-order valence-corrected chi connectivity index (χ0v) is 12.2. The van der Waals surface area contributed by atoms with Crippen molar-refractivity contribution in [2.24, 2.45) is 5.10 Å². The van der Waals surface area contributed by atoms with Gasteiger partial charge in [-0.2, -0.15) is 5.10 Å². The second-order valence-corrected chi connectivity index (χ2v) is 4.81.